The molecule has 0 fully saturated rings. The molecular formula is C13H9FN2O4. The van der Waals surface area contributed by atoms with Crippen LogP contribution >= 0.6 is 0 Å². The van der Waals surface area contributed by atoms with Crippen molar-refractivity contribution in [2.45, 2.75) is 0 Å². The van der Waals surface area contributed by atoms with E-state index in [4.69, 9.17) is 0 Å². The van der Waals surface area contributed by atoms with Crippen LogP contribution in [0.15, 0.2) is 42.5 Å². The molecule has 0 aromatic heterocycles. The smallest absolute Gasteiger partial charge is 0.296 e. The highest BCUT2D eigenvalue weighted by Crippen LogP contribution is 2.33. The number of rotatable bonds is 3. The normalized spacial score (nSPS) is 10.1. The summed E-state index contributed by atoms with van der Waals surface area (Å²) < 4.78 is 13.0. The van der Waals surface area contributed by atoms with Crippen molar-refractivity contribution < 1.29 is 19.2 Å². The van der Waals surface area contributed by atoms with Crippen LogP contribution in [0.25, 0.3) is 0 Å². The summed E-state index contributed by atoms with van der Waals surface area (Å²) >= 11 is 0. The molecular weight excluding hydrogens is 267 g/mol. The van der Waals surface area contributed by atoms with Crippen molar-refractivity contribution >= 4 is 17.3 Å². The number of amides is 1. The summed E-state index contributed by atoms with van der Waals surface area (Å²) in [6, 6.07) is 8.47. The Labute approximate surface area is 112 Å². The Morgan fingerprint density at radius 1 is 1.25 bits per heavy atom. The SMILES string of the molecule is O=C(Nc1c(O)cccc1[N+](=O)[O-])c1cccc(F)c1. The lowest BCUT2D eigenvalue weighted by Gasteiger charge is -2.07. The number of nitrogens with zero attached hydrogens (tertiary/aromatic N) is 1. The Kier molecular flexibility index (Phi) is 3.60. The number of nitrogens with one attached hydrogen (secondary N) is 1. The minimum absolute atomic E-state index is 0.0115. The summed E-state index contributed by atoms with van der Waals surface area (Å²) in [5.74, 6) is -1.80. The van der Waals surface area contributed by atoms with Crippen LogP contribution < -0.4 is 5.32 Å². The summed E-state index contributed by atoms with van der Waals surface area (Å²) in [5.41, 5.74) is -0.788. The molecule has 0 bridgehead atoms. The molecule has 20 heavy (non-hydrogen) atoms. The van der Waals surface area contributed by atoms with E-state index in [1.54, 1.807) is 0 Å². The minimum Gasteiger partial charge on any atom is -0.505 e. The number of phenolic OH excluding ortho intramolecular Hbond substituents is 1. The minimum atomic E-state index is -0.755. The van der Waals surface area contributed by atoms with Gasteiger partial charge < -0.3 is 10.4 Å². The van der Waals surface area contributed by atoms with Gasteiger partial charge in [0.1, 0.15) is 11.6 Å². The maximum Gasteiger partial charge on any atom is 0.296 e. The van der Waals surface area contributed by atoms with Crippen molar-refractivity contribution in [2.24, 2.45) is 0 Å². The molecule has 0 saturated carbocycles. The molecule has 102 valence electrons. The Bertz CT molecular complexity index is 688. The fraction of sp³-hybridized carbons (Fsp3) is 0. The Hall–Kier alpha value is -2.96. The molecule has 2 aromatic rings. The van der Waals surface area contributed by atoms with Gasteiger partial charge >= 0.3 is 0 Å². The van der Waals surface area contributed by atoms with E-state index < -0.39 is 28.1 Å². The van der Waals surface area contributed by atoms with E-state index in [1.165, 1.54) is 30.3 Å². The fourth-order valence-electron chi connectivity index (χ4n) is 1.62. The van der Waals surface area contributed by atoms with E-state index in [-0.39, 0.29) is 11.3 Å². The van der Waals surface area contributed by atoms with Gasteiger partial charge in [-0.05, 0) is 24.3 Å². The van der Waals surface area contributed by atoms with E-state index in [2.05, 4.69) is 5.32 Å². The number of benzene rings is 2. The van der Waals surface area contributed by atoms with Gasteiger partial charge in [0.05, 0.1) is 4.92 Å². The number of anilines is 1. The molecule has 2 aromatic carbocycles. The van der Waals surface area contributed by atoms with Crippen LogP contribution in [-0.4, -0.2) is 15.9 Å². The molecule has 0 spiro atoms. The third-order valence-corrected chi connectivity index (χ3v) is 2.54. The zero-order chi connectivity index (χ0) is 14.7. The van der Waals surface area contributed by atoms with Gasteiger partial charge in [0.2, 0.25) is 0 Å². The molecule has 0 heterocycles. The van der Waals surface area contributed by atoms with Crippen LogP contribution in [0.1, 0.15) is 10.4 Å². The first-order valence-electron chi connectivity index (χ1n) is 5.52. The number of nitro benzene ring substituents is 1. The van der Waals surface area contributed by atoms with Gasteiger partial charge in [0, 0.05) is 11.6 Å². The van der Waals surface area contributed by atoms with Crippen LogP contribution in [0.3, 0.4) is 0 Å². The second-order valence-electron chi connectivity index (χ2n) is 3.89. The summed E-state index contributed by atoms with van der Waals surface area (Å²) in [5, 5.41) is 22.6. The molecule has 0 aliphatic rings. The summed E-state index contributed by atoms with van der Waals surface area (Å²) in [4.78, 5) is 22.0. The van der Waals surface area contributed by atoms with Crippen molar-refractivity contribution in [1.82, 2.24) is 0 Å². The summed E-state index contributed by atoms with van der Waals surface area (Å²) in [6.45, 7) is 0. The molecule has 7 heteroatoms. The fourth-order valence-corrected chi connectivity index (χ4v) is 1.62. The van der Waals surface area contributed by atoms with Gasteiger partial charge in [-0.2, -0.15) is 0 Å². The monoisotopic (exact) mass is 276 g/mol. The molecule has 1 amide bonds. The lowest BCUT2D eigenvalue weighted by Crippen LogP contribution is -2.13. The number of carbonyl (C=O) groups is 1. The van der Waals surface area contributed by atoms with Crippen molar-refractivity contribution in [3.8, 4) is 5.75 Å². The van der Waals surface area contributed by atoms with Gasteiger partial charge in [-0.3, -0.25) is 14.9 Å². The molecule has 0 radical (unpaired) electrons. The number of aromatic hydroxyl groups is 1. The molecule has 0 saturated heterocycles. The summed E-state index contributed by atoms with van der Waals surface area (Å²) in [7, 11) is 0. The topological polar surface area (TPSA) is 92.5 Å². The summed E-state index contributed by atoms with van der Waals surface area (Å²) in [6.07, 6.45) is 0. The maximum atomic E-state index is 13.0. The van der Waals surface area contributed by atoms with Gasteiger partial charge in [-0.1, -0.05) is 12.1 Å². The van der Waals surface area contributed by atoms with Crippen molar-refractivity contribution in [2.75, 3.05) is 5.32 Å². The highest BCUT2D eigenvalue weighted by atomic mass is 19.1. The first kappa shape index (κ1) is 13.5. The highest BCUT2D eigenvalue weighted by Gasteiger charge is 2.20. The van der Waals surface area contributed by atoms with E-state index >= 15 is 0 Å². The molecule has 0 aliphatic heterocycles. The van der Waals surface area contributed by atoms with Crippen molar-refractivity contribution in [3.05, 3.63) is 64.0 Å². The standard InChI is InChI=1S/C13H9FN2O4/c14-9-4-1-3-8(7-9)13(18)15-12-10(16(19)20)5-2-6-11(12)17/h1-7,17H,(H,15,18). The second-order valence-corrected chi connectivity index (χ2v) is 3.89. The first-order chi connectivity index (χ1) is 9.49. The molecule has 6 nitrogen and oxygen atoms in total. The number of hydrogen-bond donors (Lipinski definition) is 2. The molecule has 0 aliphatic carbocycles. The van der Waals surface area contributed by atoms with Gasteiger partial charge in [-0.15, -0.1) is 0 Å². The third-order valence-electron chi connectivity index (χ3n) is 2.54. The van der Waals surface area contributed by atoms with E-state index in [0.717, 1.165) is 12.1 Å². The van der Waals surface area contributed by atoms with Crippen molar-refractivity contribution in [3.63, 3.8) is 0 Å². The number of para-hydroxylation sites is 1. The van der Waals surface area contributed by atoms with E-state index in [9.17, 15) is 24.4 Å². The average molecular weight is 276 g/mol. The number of hydrogen-bond acceptors (Lipinski definition) is 4. The van der Waals surface area contributed by atoms with Crippen LogP contribution in [0.4, 0.5) is 15.8 Å². The van der Waals surface area contributed by atoms with Crippen LogP contribution in [0.2, 0.25) is 0 Å². The Balaban J connectivity index is 2.35. The number of carbonyl (C=O) groups excluding carboxylic acids is 1. The predicted molar refractivity (Wildman–Crippen MR) is 69.1 cm³/mol. The second kappa shape index (κ2) is 5.35. The molecule has 0 atom stereocenters. The number of halogens is 1. The van der Waals surface area contributed by atoms with Crippen molar-refractivity contribution in [1.29, 1.82) is 0 Å². The van der Waals surface area contributed by atoms with Gasteiger partial charge in [-0.25, -0.2) is 4.39 Å². The first-order valence-corrected chi connectivity index (χ1v) is 5.52. The molecule has 2 rings (SSSR count). The van der Waals surface area contributed by atoms with E-state index in [1.807, 2.05) is 0 Å². The van der Waals surface area contributed by atoms with Crippen LogP contribution in [0, 0.1) is 15.9 Å². The lowest BCUT2D eigenvalue weighted by molar-refractivity contribution is -0.384. The number of phenols is 1. The quantitative estimate of drug-likeness (QED) is 0.512. The highest BCUT2D eigenvalue weighted by molar-refractivity contribution is 6.06. The Morgan fingerprint density at radius 3 is 2.60 bits per heavy atom. The lowest BCUT2D eigenvalue weighted by atomic mass is 10.2. The largest absolute Gasteiger partial charge is 0.505 e. The van der Waals surface area contributed by atoms with Gasteiger partial charge in [0.15, 0.2) is 5.69 Å². The zero-order valence-corrected chi connectivity index (χ0v) is 10.0. The average Bonchev–Trinajstić information content (AvgIpc) is 2.40. The van der Waals surface area contributed by atoms with E-state index in [0.29, 0.717) is 0 Å². The molecule has 2 N–H and O–H groups in total. The maximum absolute atomic E-state index is 13.0. The Morgan fingerprint density at radius 2 is 1.95 bits per heavy atom. The third kappa shape index (κ3) is 2.72. The predicted octanol–water partition coefficient (Wildman–Crippen LogP) is 2.69. The molecule has 0 unspecified atom stereocenters. The zero-order valence-electron chi connectivity index (χ0n) is 10.0. The number of nitro groups is 1. The van der Waals surface area contributed by atoms with Crippen LogP contribution in [0.5, 0.6) is 5.75 Å². The van der Waals surface area contributed by atoms with Crippen LogP contribution in [-0.2, 0) is 0 Å². The van der Waals surface area contributed by atoms with Gasteiger partial charge in [0.25, 0.3) is 11.6 Å².